The van der Waals surface area contributed by atoms with Crippen molar-refractivity contribution in [2.75, 3.05) is 16.4 Å². The lowest BCUT2D eigenvalue weighted by molar-refractivity contribution is -0.245. The van der Waals surface area contributed by atoms with E-state index in [1.807, 2.05) is 91.9 Å². The Hall–Kier alpha value is -4.82. The van der Waals surface area contributed by atoms with Crippen molar-refractivity contribution in [3.63, 3.8) is 0 Å². The number of aryl methyl sites for hydroxylation is 1. The average molecular weight is 766 g/mol. The number of hydrogen-bond donors (Lipinski definition) is 4. The Morgan fingerprint density at radius 3 is 2.20 bits per heavy atom. The molecule has 0 spiro atoms. The van der Waals surface area contributed by atoms with Gasteiger partial charge in [-0.15, -0.1) is 11.8 Å². The first-order chi connectivity index (χ1) is 26.0. The quantitative estimate of drug-likeness (QED) is 0.0863. The molecule has 0 aromatic heterocycles. The smallest absolute Gasteiger partial charge is 0.242 e. The predicted molar refractivity (Wildman–Crippen MR) is 210 cm³/mol. The van der Waals surface area contributed by atoms with E-state index in [0.29, 0.717) is 23.4 Å². The normalized spacial score (nSPS) is 17.7. The summed E-state index contributed by atoms with van der Waals surface area (Å²) in [5.41, 5.74) is 5.33. The van der Waals surface area contributed by atoms with Crippen LogP contribution in [0.4, 0.5) is 11.4 Å². The van der Waals surface area contributed by atoms with Crippen LogP contribution in [0.5, 0.6) is 0 Å². The van der Waals surface area contributed by atoms with Crippen LogP contribution in [0.25, 0.3) is 0 Å². The molecule has 12 heteroatoms. The summed E-state index contributed by atoms with van der Waals surface area (Å²) in [4.78, 5) is 26.4. The maximum atomic E-state index is 13.9. The van der Waals surface area contributed by atoms with Crippen LogP contribution in [0.2, 0.25) is 0 Å². The lowest BCUT2D eigenvalue weighted by Crippen LogP contribution is -2.45. The second-order valence-corrected chi connectivity index (χ2v) is 16.0. The molecule has 1 fully saturated rings. The van der Waals surface area contributed by atoms with E-state index < -0.39 is 28.3 Å². The largest absolute Gasteiger partial charge is 0.392 e. The molecule has 0 radical (unpaired) electrons. The van der Waals surface area contributed by atoms with Crippen LogP contribution in [-0.2, 0) is 42.1 Å². The summed E-state index contributed by atoms with van der Waals surface area (Å²) in [6.07, 6.45) is -0.570. The number of amides is 2. The highest BCUT2D eigenvalue weighted by atomic mass is 32.2. The Morgan fingerprint density at radius 2 is 1.52 bits per heavy atom. The number of hydrogen-bond acceptors (Lipinski definition) is 8. The molecule has 0 saturated carbocycles. The van der Waals surface area contributed by atoms with Crippen molar-refractivity contribution in [1.82, 2.24) is 4.72 Å². The number of aliphatic hydroxyl groups is 1. The third-order valence-corrected chi connectivity index (χ3v) is 11.5. The average Bonchev–Trinajstić information content (AvgIpc) is 3.17. The summed E-state index contributed by atoms with van der Waals surface area (Å²) in [6.45, 7) is 3.29. The molecule has 0 aliphatic carbocycles. The van der Waals surface area contributed by atoms with E-state index in [9.17, 15) is 23.1 Å². The first kappa shape index (κ1) is 38.9. The number of thioether (sulfide) groups is 1. The highest BCUT2D eigenvalue weighted by Crippen LogP contribution is 2.40. The van der Waals surface area contributed by atoms with Crippen LogP contribution in [0, 0.1) is 6.92 Å². The molecule has 4 N–H and O–H groups in total. The third-order valence-electron chi connectivity index (χ3n) is 8.88. The number of aliphatic hydroxyl groups excluding tert-OH is 1. The maximum Gasteiger partial charge on any atom is 0.242 e. The van der Waals surface area contributed by atoms with Crippen molar-refractivity contribution in [3.8, 4) is 0 Å². The summed E-state index contributed by atoms with van der Waals surface area (Å²) in [7, 11) is -4.02. The summed E-state index contributed by atoms with van der Waals surface area (Å²) in [5, 5.41) is 15.3. The molecule has 1 aliphatic rings. The van der Waals surface area contributed by atoms with Crippen LogP contribution in [-0.4, -0.2) is 43.2 Å². The van der Waals surface area contributed by atoms with Gasteiger partial charge in [-0.05, 0) is 78.6 Å². The Kier molecular flexibility index (Phi) is 13.0. The van der Waals surface area contributed by atoms with Crippen molar-refractivity contribution in [2.24, 2.45) is 0 Å². The standard InChI is InChI=1S/C42H43N3O7S2/c1-28-11-21-38(22-12-28)54(49,50)45-39(23-30-7-4-3-5-8-30)41(48)44-35-10-6-9-33(24-35)42-51-36(25-40(52-42)32-15-13-31(26-46)14-16-32)27-53-37-19-17-34(18-20-37)43-29(2)47/h3-22,24,36,39-40,42,45-46H,23,25-27H2,1-2H3,(H,43,47)(H,44,48)/t36-,39-,40+,42+/m1/s1. The number of rotatable bonds is 14. The monoisotopic (exact) mass is 765 g/mol. The van der Waals surface area contributed by atoms with Gasteiger partial charge in [0.05, 0.1) is 23.7 Å². The summed E-state index contributed by atoms with van der Waals surface area (Å²) in [5.74, 6) is -0.0187. The zero-order valence-corrected chi connectivity index (χ0v) is 31.6. The van der Waals surface area contributed by atoms with Crippen molar-refractivity contribution < 1.29 is 32.6 Å². The van der Waals surface area contributed by atoms with Crippen molar-refractivity contribution >= 4 is 45.0 Å². The van der Waals surface area contributed by atoms with Gasteiger partial charge in [0, 0.05) is 40.9 Å². The molecular formula is C42H43N3O7S2. The number of ether oxygens (including phenoxy) is 2. The molecule has 280 valence electrons. The topological polar surface area (TPSA) is 143 Å². The van der Waals surface area contributed by atoms with E-state index in [1.54, 1.807) is 42.1 Å². The summed E-state index contributed by atoms with van der Waals surface area (Å²) < 4.78 is 42.5. The third kappa shape index (κ3) is 10.7. The van der Waals surface area contributed by atoms with E-state index in [4.69, 9.17) is 9.47 Å². The van der Waals surface area contributed by atoms with Gasteiger partial charge in [0.25, 0.3) is 0 Å². The van der Waals surface area contributed by atoms with Crippen LogP contribution >= 0.6 is 11.8 Å². The van der Waals surface area contributed by atoms with Gasteiger partial charge in [0.1, 0.15) is 6.04 Å². The maximum absolute atomic E-state index is 13.9. The fourth-order valence-electron chi connectivity index (χ4n) is 6.05. The summed E-state index contributed by atoms with van der Waals surface area (Å²) in [6, 6.07) is 37.1. The van der Waals surface area contributed by atoms with Crippen LogP contribution in [0.3, 0.4) is 0 Å². The van der Waals surface area contributed by atoms with E-state index in [2.05, 4.69) is 15.4 Å². The van der Waals surface area contributed by atoms with E-state index in [0.717, 1.165) is 32.8 Å². The molecule has 1 aliphatic heterocycles. The zero-order chi connectivity index (χ0) is 38.1. The van der Waals surface area contributed by atoms with E-state index in [-0.39, 0.29) is 36.0 Å². The Labute approximate surface area is 320 Å². The lowest BCUT2D eigenvalue weighted by Gasteiger charge is -2.36. The number of sulfonamides is 1. The molecule has 10 nitrogen and oxygen atoms in total. The number of carbonyl (C=O) groups is 2. The highest BCUT2D eigenvalue weighted by Gasteiger charge is 2.33. The van der Waals surface area contributed by atoms with Gasteiger partial charge in [-0.2, -0.15) is 4.72 Å². The molecule has 54 heavy (non-hydrogen) atoms. The van der Waals surface area contributed by atoms with Gasteiger partial charge in [-0.3, -0.25) is 9.59 Å². The molecule has 0 unspecified atom stereocenters. The van der Waals surface area contributed by atoms with Gasteiger partial charge in [-0.25, -0.2) is 8.42 Å². The number of carbonyl (C=O) groups excluding carboxylic acids is 2. The van der Waals surface area contributed by atoms with Gasteiger partial charge in [-0.1, -0.05) is 84.4 Å². The number of anilines is 2. The van der Waals surface area contributed by atoms with E-state index in [1.165, 1.54) is 19.1 Å². The minimum atomic E-state index is -4.02. The van der Waals surface area contributed by atoms with Crippen molar-refractivity contribution in [2.45, 2.75) is 67.6 Å². The SMILES string of the molecule is CC(=O)Nc1ccc(SC[C@H]2C[C@@H](c3ccc(CO)cc3)O[C@@H](c3cccc(NC(=O)[C@@H](Cc4ccccc4)NS(=O)(=O)c4ccc(C)cc4)c3)O2)cc1. The Bertz CT molecular complexity index is 2130. The fourth-order valence-corrected chi connectivity index (χ4v) is 8.17. The molecule has 6 rings (SSSR count). The molecule has 5 aromatic carbocycles. The van der Waals surface area contributed by atoms with Crippen molar-refractivity contribution in [3.05, 3.63) is 155 Å². The second kappa shape index (κ2) is 18.0. The van der Waals surface area contributed by atoms with Crippen LogP contribution in [0.1, 0.15) is 53.6 Å². The Balaban J connectivity index is 1.20. The second-order valence-electron chi connectivity index (χ2n) is 13.2. The van der Waals surface area contributed by atoms with Gasteiger partial charge >= 0.3 is 0 Å². The molecule has 5 aromatic rings. The first-order valence-electron chi connectivity index (χ1n) is 17.6. The molecule has 1 heterocycles. The minimum absolute atomic E-state index is 0.0599. The van der Waals surface area contributed by atoms with E-state index >= 15 is 0 Å². The van der Waals surface area contributed by atoms with Gasteiger partial charge in [0.2, 0.25) is 21.8 Å². The highest BCUT2D eigenvalue weighted by molar-refractivity contribution is 7.99. The molecular weight excluding hydrogens is 723 g/mol. The van der Waals surface area contributed by atoms with Gasteiger partial charge in [0.15, 0.2) is 6.29 Å². The molecule has 2 amide bonds. The zero-order valence-electron chi connectivity index (χ0n) is 30.0. The fraction of sp³-hybridized carbons (Fsp3) is 0.238. The summed E-state index contributed by atoms with van der Waals surface area (Å²) >= 11 is 1.63. The van der Waals surface area contributed by atoms with Crippen LogP contribution < -0.4 is 15.4 Å². The van der Waals surface area contributed by atoms with Crippen molar-refractivity contribution in [1.29, 1.82) is 0 Å². The molecule has 4 atom stereocenters. The predicted octanol–water partition coefficient (Wildman–Crippen LogP) is 7.31. The Morgan fingerprint density at radius 1 is 0.796 bits per heavy atom. The molecule has 1 saturated heterocycles. The van der Waals surface area contributed by atoms with Crippen LogP contribution in [0.15, 0.2) is 137 Å². The lowest BCUT2D eigenvalue weighted by atomic mass is 10.0. The van der Waals surface area contributed by atoms with Gasteiger partial charge < -0.3 is 25.2 Å². The first-order valence-corrected chi connectivity index (χ1v) is 20.1. The number of benzene rings is 5. The minimum Gasteiger partial charge on any atom is -0.392 e. The number of nitrogens with one attached hydrogen (secondary N) is 3. The molecule has 0 bridgehead atoms.